The van der Waals surface area contributed by atoms with Crippen molar-refractivity contribution in [3.05, 3.63) is 36.4 Å². The number of nitrogens with two attached hydrogens (primary N) is 1. The predicted octanol–water partition coefficient (Wildman–Crippen LogP) is 0.436. The Morgan fingerprint density at radius 1 is 1.53 bits per heavy atom. The van der Waals surface area contributed by atoms with Crippen molar-refractivity contribution >= 4 is 0 Å². The number of nitrogens with zero attached hydrogens (tertiary/aromatic N) is 5. The van der Waals surface area contributed by atoms with Crippen LogP contribution < -0.4 is 5.73 Å². The number of nitrogens with one attached hydrogen (secondary N) is 1. The second kappa shape index (κ2) is 4.65. The average molecular weight is 259 g/mol. The van der Waals surface area contributed by atoms with Crippen LogP contribution in [0.5, 0.6) is 0 Å². The number of rotatable bonds is 4. The van der Waals surface area contributed by atoms with Crippen LogP contribution >= 0.6 is 0 Å². The summed E-state index contributed by atoms with van der Waals surface area (Å²) in [6.45, 7) is 0. The van der Waals surface area contributed by atoms with Crippen LogP contribution in [0.25, 0.3) is 11.5 Å². The number of aromatic nitrogens is 6. The van der Waals surface area contributed by atoms with Gasteiger partial charge in [-0.25, -0.2) is 4.98 Å². The summed E-state index contributed by atoms with van der Waals surface area (Å²) in [5.74, 6) is 0.825. The smallest absolute Gasteiger partial charge is 0.244 e. The van der Waals surface area contributed by atoms with E-state index in [2.05, 4.69) is 25.2 Å². The second-order valence-electron chi connectivity index (χ2n) is 4.22. The zero-order valence-corrected chi connectivity index (χ0v) is 10.3. The normalized spacial score (nSPS) is 12.7. The Balaban J connectivity index is 1.77. The fourth-order valence-electron chi connectivity index (χ4n) is 1.74. The number of hydrogen-bond acceptors (Lipinski definition) is 6. The Labute approximate surface area is 108 Å². The van der Waals surface area contributed by atoms with E-state index in [-0.39, 0.29) is 6.04 Å². The molecule has 0 saturated carbocycles. The van der Waals surface area contributed by atoms with Crippen molar-refractivity contribution in [2.75, 3.05) is 0 Å². The fraction of sp³-hybridized carbons (Fsp3) is 0.273. The summed E-state index contributed by atoms with van der Waals surface area (Å²) in [5.41, 5.74) is 7.59. The SMILES string of the molecule is Cn1ccc(-c2noc(C(N)Cc3cnc[nH]3)n2)n1. The van der Waals surface area contributed by atoms with Gasteiger partial charge in [-0.3, -0.25) is 4.68 Å². The Bertz CT molecular complexity index is 654. The van der Waals surface area contributed by atoms with Gasteiger partial charge in [0.2, 0.25) is 11.7 Å². The van der Waals surface area contributed by atoms with Crippen LogP contribution in [0.15, 0.2) is 29.3 Å². The van der Waals surface area contributed by atoms with Crippen molar-refractivity contribution in [2.45, 2.75) is 12.5 Å². The van der Waals surface area contributed by atoms with Crippen LogP contribution in [0, 0.1) is 0 Å². The molecule has 8 heteroatoms. The molecule has 1 atom stereocenters. The summed E-state index contributed by atoms with van der Waals surface area (Å²) in [6.07, 6.45) is 5.70. The van der Waals surface area contributed by atoms with Crippen molar-refractivity contribution in [2.24, 2.45) is 12.8 Å². The third kappa shape index (κ3) is 2.38. The van der Waals surface area contributed by atoms with Crippen molar-refractivity contribution in [3.63, 3.8) is 0 Å². The number of hydrogen-bond donors (Lipinski definition) is 2. The molecular weight excluding hydrogens is 246 g/mol. The lowest BCUT2D eigenvalue weighted by atomic mass is 10.2. The van der Waals surface area contributed by atoms with Gasteiger partial charge in [0.1, 0.15) is 5.69 Å². The maximum Gasteiger partial charge on any atom is 0.244 e. The van der Waals surface area contributed by atoms with E-state index < -0.39 is 0 Å². The van der Waals surface area contributed by atoms with Crippen LogP contribution in [0.4, 0.5) is 0 Å². The van der Waals surface area contributed by atoms with Crippen molar-refractivity contribution in [1.29, 1.82) is 0 Å². The lowest BCUT2D eigenvalue weighted by Crippen LogP contribution is -2.14. The average Bonchev–Trinajstić information content (AvgIpc) is 3.07. The van der Waals surface area contributed by atoms with Crippen LogP contribution in [0.1, 0.15) is 17.6 Å². The van der Waals surface area contributed by atoms with E-state index in [0.29, 0.717) is 23.8 Å². The molecule has 19 heavy (non-hydrogen) atoms. The molecule has 0 amide bonds. The van der Waals surface area contributed by atoms with Crippen molar-refractivity contribution in [3.8, 4) is 11.5 Å². The first-order chi connectivity index (χ1) is 9.22. The summed E-state index contributed by atoms with van der Waals surface area (Å²) in [6, 6.07) is 1.44. The number of aromatic amines is 1. The summed E-state index contributed by atoms with van der Waals surface area (Å²) in [4.78, 5) is 11.2. The molecule has 3 rings (SSSR count). The first-order valence-electron chi connectivity index (χ1n) is 5.79. The minimum absolute atomic E-state index is 0.370. The lowest BCUT2D eigenvalue weighted by Gasteiger charge is -2.03. The second-order valence-corrected chi connectivity index (χ2v) is 4.22. The highest BCUT2D eigenvalue weighted by Gasteiger charge is 2.17. The fourth-order valence-corrected chi connectivity index (χ4v) is 1.74. The quantitative estimate of drug-likeness (QED) is 0.703. The molecule has 3 heterocycles. The maximum absolute atomic E-state index is 6.01. The van der Waals surface area contributed by atoms with Gasteiger partial charge in [-0.15, -0.1) is 0 Å². The molecule has 0 saturated heterocycles. The first kappa shape index (κ1) is 11.6. The summed E-state index contributed by atoms with van der Waals surface area (Å²) in [7, 11) is 1.83. The highest BCUT2D eigenvalue weighted by Crippen LogP contribution is 2.17. The third-order valence-electron chi connectivity index (χ3n) is 2.70. The maximum atomic E-state index is 6.01. The molecular formula is C11H13N7O. The van der Waals surface area contributed by atoms with Gasteiger partial charge in [-0.05, 0) is 6.07 Å². The Morgan fingerprint density at radius 3 is 3.11 bits per heavy atom. The topological polar surface area (TPSA) is 111 Å². The molecule has 3 N–H and O–H groups in total. The summed E-state index contributed by atoms with van der Waals surface area (Å²) >= 11 is 0. The molecule has 3 aromatic heterocycles. The standard InChI is InChI=1S/C11H13N7O/c1-18-3-2-9(16-18)10-15-11(19-17-10)8(12)4-7-5-13-6-14-7/h2-3,5-6,8H,4,12H2,1H3,(H,13,14). The highest BCUT2D eigenvalue weighted by atomic mass is 16.5. The van der Waals surface area contributed by atoms with Crippen molar-refractivity contribution < 1.29 is 4.52 Å². The predicted molar refractivity (Wildman–Crippen MR) is 65.7 cm³/mol. The molecule has 1 unspecified atom stereocenters. The van der Waals surface area contributed by atoms with Gasteiger partial charge in [-0.2, -0.15) is 10.1 Å². The van der Waals surface area contributed by atoms with Crippen molar-refractivity contribution in [1.82, 2.24) is 29.9 Å². The molecule has 0 radical (unpaired) electrons. The van der Waals surface area contributed by atoms with Gasteiger partial charge in [0, 0.05) is 31.6 Å². The highest BCUT2D eigenvalue weighted by molar-refractivity contribution is 5.46. The molecule has 0 aromatic carbocycles. The minimum Gasteiger partial charge on any atom is -0.348 e. The lowest BCUT2D eigenvalue weighted by molar-refractivity contribution is 0.353. The van der Waals surface area contributed by atoms with Crippen LogP contribution in [-0.2, 0) is 13.5 Å². The monoisotopic (exact) mass is 259 g/mol. The van der Waals surface area contributed by atoms with E-state index in [0.717, 1.165) is 5.69 Å². The Morgan fingerprint density at radius 2 is 2.42 bits per heavy atom. The molecule has 0 aliphatic heterocycles. The number of aryl methyl sites for hydroxylation is 1. The van der Waals surface area contributed by atoms with Crippen LogP contribution in [0.3, 0.4) is 0 Å². The van der Waals surface area contributed by atoms with E-state index in [1.54, 1.807) is 17.2 Å². The van der Waals surface area contributed by atoms with E-state index in [4.69, 9.17) is 10.3 Å². The summed E-state index contributed by atoms with van der Waals surface area (Å²) in [5, 5.41) is 8.09. The zero-order valence-electron chi connectivity index (χ0n) is 10.3. The van der Waals surface area contributed by atoms with E-state index in [9.17, 15) is 0 Å². The molecule has 0 aliphatic rings. The number of H-pyrrole nitrogens is 1. The number of imidazole rings is 1. The zero-order chi connectivity index (χ0) is 13.2. The van der Waals surface area contributed by atoms with Gasteiger partial charge in [0.15, 0.2) is 0 Å². The van der Waals surface area contributed by atoms with Gasteiger partial charge < -0.3 is 15.2 Å². The largest absolute Gasteiger partial charge is 0.348 e. The van der Waals surface area contributed by atoms with Gasteiger partial charge >= 0.3 is 0 Å². The van der Waals surface area contributed by atoms with Gasteiger partial charge in [0.25, 0.3) is 0 Å². The van der Waals surface area contributed by atoms with Crippen LogP contribution in [-0.4, -0.2) is 29.9 Å². The van der Waals surface area contributed by atoms with Crippen LogP contribution in [0.2, 0.25) is 0 Å². The molecule has 0 spiro atoms. The first-order valence-corrected chi connectivity index (χ1v) is 5.79. The molecule has 0 fully saturated rings. The molecule has 8 nitrogen and oxygen atoms in total. The molecule has 3 aromatic rings. The third-order valence-corrected chi connectivity index (χ3v) is 2.70. The van der Waals surface area contributed by atoms with E-state index in [1.165, 1.54) is 0 Å². The van der Waals surface area contributed by atoms with Gasteiger partial charge in [-0.1, -0.05) is 5.16 Å². The summed E-state index contributed by atoms with van der Waals surface area (Å²) < 4.78 is 6.85. The minimum atomic E-state index is -0.370. The van der Waals surface area contributed by atoms with E-state index >= 15 is 0 Å². The van der Waals surface area contributed by atoms with E-state index in [1.807, 2.05) is 19.3 Å². The molecule has 0 bridgehead atoms. The Kier molecular flexibility index (Phi) is 2.84. The molecule has 98 valence electrons. The van der Waals surface area contributed by atoms with Gasteiger partial charge in [0.05, 0.1) is 12.4 Å². The Hall–Kier alpha value is -2.48. The molecule has 0 aliphatic carbocycles.